The second kappa shape index (κ2) is 9.31. The maximum absolute atomic E-state index is 12.6. The molecule has 1 aliphatic rings. The first kappa shape index (κ1) is 21.1. The molecule has 1 aliphatic heterocycles. The van der Waals surface area contributed by atoms with Crippen molar-refractivity contribution in [2.75, 3.05) is 44.2 Å². The van der Waals surface area contributed by atoms with Crippen LogP contribution in [0.15, 0.2) is 53.6 Å². The molecule has 0 unspecified atom stereocenters. The van der Waals surface area contributed by atoms with E-state index >= 15 is 0 Å². The Bertz CT molecular complexity index is 1130. The summed E-state index contributed by atoms with van der Waals surface area (Å²) in [6.45, 7) is 9.29. The summed E-state index contributed by atoms with van der Waals surface area (Å²) in [5.74, 6) is -0.172. The van der Waals surface area contributed by atoms with E-state index in [-0.39, 0.29) is 18.0 Å². The number of carbonyl (C=O) groups is 1. The Balaban J connectivity index is 1.24. The summed E-state index contributed by atoms with van der Waals surface area (Å²) in [4.78, 5) is 34.1. The molecular weight excluding hydrogens is 390 g/mol. The summed E-state index contributed by atoms with van der Waals surface area (Å²) in [6.07, 6.45) is 1.46. The molecule has 0 spiro atoms. The number of rotatable bonds is 6. The van der Waals surface area contributed by atoms with E-state index in [4.69, 9.17) is 0 Å². The van der Waals surface area contributed by atoms with Crippen LogP contribution in [-0.2, 0) is 11.3 Å². The summed E-state index contributed by atoms with van der Waals surface area (Å²) < 4.78 is 1.37. The third kappa shape index (κ3) is 4.94. The smallest absolute Gasteiger partial charge is 0.261 e. The molecule has 4 rings (SSSR count). The van der Waals surface area contributed by atoms with Gasteiger partial charge in [0.05, 0.1) is 17.2 Å². The Morgan fingerprint density at radius 2 is 1.84 bits per heavy atom. The van der Waals surface area contributed by atoms with Crippen LogP contribution in [0.2, 0.25) is 0 Å². The quantitative estimate of drug-likeness (QED) is 0.661. The fraction of sp³-hybridized carbons (Fsp3) is 0.375. The number of fused-ring (bicyclic) bond motifs is 1. The summed E-state index contributed by atoms with van der Waals surface area (Å²) >= 11 is 0. The fourth-order valence-electron chi connectivity index (χ4n) is 4.07. The number of nitrogens with one attached hydrogen (secondary N) is 1. The standard InChI is InChI=1S/C24H29N5O2/c1-18-5-3-7-20(15-18)28-13-11-27(12-14-28)10-9-25-22(30)16-29-17-26-23-19(2)6-4-8-21(23)24(29)31/h3-8,15,17H,9-14,16H2,1-2H3,(H,25,30). The van der Waals surface area contributed by atoms with Gasteiger partial charge in [0.2, 0.25) is 5.91 Å². The number of benzene rings is 2. The molecule has 2 heterocycles. The topological polar surface area (TPSA) is 70.5 Å². The first-order chi connectivity index (χ1) is 15.0. The summed E-state index contributed by atoms with van der Waals surface area (Å²) in [5, 5.41) is 3.48. The van der Waals surface area contributed by atoms with Crippen molar-refractivity contribution in [3.8, 4) is 0 Å². The van der Waals surface area contributed by atoms with Gasteiger partial charge in [-0.3, -0.25) is 19.1 Å². The Labute approximate surface area is 182 Å². The second-order valence-corrected chi connectivity index (χ2v) is 8.17. The van der Waals surface area contributed by atoms with Crippen LogP contribution in [0.25, 0.3) is 10.9 Å². The molecule has 0 bridgehead atoms. The highest BCUT2D eigenvalue weighted by Crippen LogP contribution is 2.17. The van der Waals surface area contributed by atoms with Gasteiger partial charge in [-0.15, -0.1) is 0 Å². The van der Waals surface area contributed by atoms with Crippen molar-refractivity contribution in [2.45, 2.75) is 20.4 Å². The number of carbonyl (C=O) groups excluding carboxylic acids is 1. The highest BCUT2D eigenvalue weighted by molar-refractivity contribution is 5.81. The molecule has 0 atom stereocenters. The SMILES string of the molecule is Cc1cccc(N2CCN(CCNC(=O)Cn3cnc4c(C)cccc4c3=O)CC2)c1. The first-order valence-corrected chi connectivity index (χ1v) is 10.8. The van der Waals surface area contributed by atoms with Crippen molar-refractivity contribution in [3.05, 3.63) is 70.3 Å². The van der Waals surface area contributed by atoms with Gasteiger partial charge >= 0.3 is 0 Å². The molecule has 0 radical (unpaired) electrons. The highest BCUT2D eigenvalue weighted by Gasteiger charge is 2.17. The Kier molecular flexibility index (Phi) is 6.32. The van der Waals surface area contributed by atoms with Gasteiger partial charge in [0.1, 0.15) is 6.54 Å². The third-order valence-electron chi connectivity index (χ3n) is 5.86. The number of amides is 1. The van der Waals surface area contributed by atoms with Crippen molar-refractivity contribution in [1.82, 2.24) is 19.8 Å². The number of aryl methyl sites for hydroxylation is 2. The van der Waals surface area contributed by atoms with Gasteiger partial charge in [-0.2, -0.15) is 0 Å². The van der Waals surface area contributed by atoms with E-state index in [1.165, 1.54) is 22.1 Å². The molecule has 1 fully saturated rings. The molecule has 31 heavy (non-hydrogen) atoms. The molecule has 0 saturated carbocycles. The largest absolute Gasteiger partial charge is 0.369 e. The highest BCUT2D eigenvalue weighted by atomic mass is 16.2. The molecule has 1 N–H and O–H groups in total. The van der Waals surface area contributed by atoms with Gasteiger partial charge in [-0.1, -0.05) is 24.3 Å². The van der Waals surface area contributed by atoms with E-state index in [1.807, 2.05) is 19.1 Å². The van der Waals surface area contributed by atoms with Crippen molar-refractivity contribution in [1.29, 1.82) is 0 Å². The molecule has 0 aliphatic carbocycles. The predicted octanol–water partition coefficient (Wildman–Crippen LogP) is 1.95. The molecule has 162 valence electrons. The number of hydrogen-bond acceptors (Lipinski definition) is 5. The molecule has 2 aromatic carbocycles. The Morgan fingerprint density at radius 3 is 2.61 bits per heavy atom. The normalized spacial score (nSPS) is 14.7. The summed E-state index contributed by atoms with van der Waals surface area (Å²) in [6, 6.07) is 14.1. The van der Waals surface area contributed by atoms with Crippen LogP contribution >= 0.6 is 0 Å². The van der Waals surface area contributed by atoms with Crippen molar-refractivity contribution in [2.24, 2.45) is 0 Å². The summed E-state index contributed by atoms with van der Waals surface area (Å²) in [7, 11) is 0. The number of anilines is 1. The van der Waals surface area contributed by atoms with Crippen LogP contribution in [0.4, 0.5) is 5.69 Å². The van der Waals surface area contributed by atoms with Crippen LogP contribution in [0.5, 0.6) is 0 Å². The zero-order chi connectivity index (χ0) is 21.8. The molecule has 1 saturated heterocycles. The van der Waals surface area contributed by atoms with Crippen molar-refractivity contribution in [3.63, 3.8) is 0 Å². The molecule has 1 aromatic heterocycles. The minimum Gasteiger partial charge on any atom is -0.369 e. The predicted molar refractivity (Wildman–Crippen MR) is 124 cm³/mol. The van der Waals surface area contributed by atoms with Crippen molar-refractivity contribution >= 4 is 22.5 Å². The van der Waals surface area contributed by atoms with Crippen LogP contribution in [0.1, 0.15) is 11.1 Å². The van der Waals surface area contributed by atoms with Gasteiger partial charge in [-0.05, 0) is 43.2 Å². The lowest BCUT2D eigenvalue weighted by molar-refractivity contribution is -0.121. The number of nitrogens with zero attached hydrogens (tertiary/aromatic N) is 4. The van der Waals surface area contributed by atoms with Gasteiger partial charge in [0, 0.05) is 45.0 Å². The van der Waals surface area contributed by atoms with Crippen LogP contribution in [0.3, 0.4) is 0 Å². The minimum absolute atomic E-state index is 0.0170. The average molecular weight is 420 g/mol. The van der Waals surface area contributed by atoms with Gasteiger partial charge in [0.15, 0.2) is 0 Å². The molecular formula is C24H29N5O2. The molecule has 7 nitrogen and oxygen atoms in total. The van der Waals surface area contributed by atoms with E-state index in [0.29, 0.717) is 17.4 Å². The van der Waals surface area contributed by atoms with Crippen LogP contribution in [0, 0.1) is 13.8 Å². The molecule has 7 heteroatoms. The van der Waals surface area contributed by atoms with Gasteiger partial charge < -0.3 is 10.2 Å². The lowest BCUT2D eigenvalue weighted by Crippen LogP contribution is -2.48. The number of para-hydroxylation sites is 1. The van der Waals surface area contributed by atoms with E-state index < -0.39 is 0 Å². The maximum atomic E-state index is 12.6. The van der Waals surface area contributed by atoms with Gasteiger partial charge in [0.25, 0.3) is 5.56 Å². The lowest BCUT2D eigenvalue weighted by Gasteiger charge is -2.36. The van der Waals surface area contributed by atoms with Crippen LogP contribution < -0.4 is 15.8 Å². The second-order valence-electron chi connectivity index (χ2n) is 8.17. The lowest BCUT2D eigenvalue weighted by atomic mass is 10.1. The Hall–Kier alpha value is -3.19. The van der Waals surface area contributed by atoms with E-state index in [1.54, 1.807) is 6.07 Å². The van der Waals surface area contributed by atoms with Crippen LogP contribution in [-0.4, -0.2) is 59.6 Å². The fourth-order valence-corrected chi connectivity index (χ4v) is 4.07. The summed E-state index contributed by atoms with van der Waals surface area (Å²) in [5.41, 5.74) is 4.01. The minimum atomic E-state index is -0.184. The third-order valence-corrected chi connectivity index (χ3v) is 5.86. The van der Waals surface area contributed by atoms with E-state index in [0.717, 1.165) is 38.3 Å². The Morgan fingerprint density at radius 1 is 1.06 bits per heavy atom. The number of aromatic nitrogens is 2. The average Bonchev–Trinajstić information content (AvgIpc) is 2.77. The van der Waals surface area contributed by atoms with E-state index in [9.17, 15) is 9.59 Å². The molecule has 1 amide bonds. The number of hydrogen-bond donors (Lipinski definition) is 1. The maximum Gasteiger partial charge on any atom is 0.261 e. The van der Waals surface area contributed by atoms with E-state index in [2.05, 4.69) is 51.3 Å². The van der Waals surface area contributed by atoms with Gasteiger partial charge in [-0.25, -0.2) is 4.98 Å². The first-order valence-electron chi connectivity index (χ1n) is 10.8. The number of piperazine rings is 1. The molecule has 3 aromatic rings. The zero-order valence-electron chi connectivity index (χ0n) is 18.2. The monoisotopic (exact) mass is 419 g/mol. The van der Waals surface area contributed by atoms with Crippen molar-refractivity contribution < 1.29 is 4.79 Å². The zero-order valence-corrected chi connectivity index (χ0v) is 18.2.